The molecule has 0 aromatic heterocycles. The standard InChI is InChI=1S/C11H18N2O2/c1-7-8(2)12-6-9(7)13-10(14)15-11(3,4)5/h9,12H,1-2,6H2,3-5H3,(H,13,14)/t9-/m1/s1. The molecule has 0 radical (unpaired) electrons. The van der Waals surface area contributed by atoms with E-state index in [4.69, 9.17) is 4.74 Å². The summed E-state index contributed by atoms with van der Waals surface area (Å²) < 4.78 is 5.13. The van der Waals surface area contributed by atoms with Crippen LogP contribution in [0, 0.1) is 0 Å². The van der Waals surface area contributed by atoms with Gasteiger partial charge in [0.15, 0.2) is 0 Å². The van der Waals surface area contributed by atoms with Crippen molar-refractivity contribution in [1.82, 2.24) is 10.6 Å². The van der Waals surface area contributed by atoms with Gasteiger partial charge in [-0.3, -0.25) is 0 Å². The van der Waals surface area contributed by atoms with Crippen LogP contribution in [0.1, 0.15) is 20.8 Å². The molecule has 1 aliphatic heterocycles. The zero-order chi connectivity index (χ0) is 11.6. The van der Waals surface area contributed by atoms with Crippen LogP contribution in [-0.2, 0) is 4.74 Å². The van der Waals surface area contributed by atoms with E-state index in [1.165, 1.54) is 0 Å². The lowest BCUT2D eigenvalue weighted by atomic mass is 10.1. The Bertz CT molecular complexity index is 302. The number of hydrogen-bond donors (Lipinski definition) is 2. The predicted octanol–water partition coefficient (Wildman–Crippen LogP) is 1.55. The number of ether oxygens (including phenoxy) is 1. The van der Waals surface area contributed by atoms with Crippen molar-refractivity contribution in [2.24, 2.45) is 0 Å². The SMILES string of the molecule is C=C1NC[C@@H](NC(=O)OC(C)(C)C)C1=C. The van der Waals surface area contributed by atoms with Gasteiger partial charge >= 0.3 is 6.09 Å². The summed E-state index contributed by atoms with van der Waals surface area (Å²) in [6, 6.07) is -0.118. The minimum atomic E-state index is -0.478. The molecule has 1 aliphatic rings. The minimum absolute atomic E-state index is 0.118. The van der Waals surface area contributed by atoms with Gasteiger partial charge in [-0.05, 0) is 26.3 Å². The first-order chi connectivity index (χ1) is 6.79. The van der Waals surface area contributed by atoms with E-state index in [1.54, 1.807) is 0 Å². The highest BCUT2D eigenvalue weighted by Gasteiger charge is 2.25. The molecule has 2 N–H and O–H groups in total. The Hall–Kier alpha value is -1.45. The molecule has 1 heterocycles. The summed E-state index contributed by atoms with van der Waals surface area (Å²) >= 11 is 0. The van der Waals surface area contributed by atoms with Crippen LogP contribution in [0.25, 0.3) is 0 Å². The maximum atomic E-state index is 11.4. The summed E-state index contributed by atoms with van der Waals surface area (Å²) in [4.78, 5) is 11.4. The molecular weight excluding hydrogens is 192 g/mol. The maximum Gasteiger partial charge on any atom is 0.408 e. The molecule has 0 unspecified atom stereocenters. The van der Waals surface area contributed by atoms with E-state index in [0.717, 1.165) is 11.3 Å². The van der Waals surface area contributed by atoms with Crippen molar-refractivity contribution in [3.05, 3.63) is 24.4 Å². The van der Waals surface area contributed by atoms with Crippen LogP contribution < -0.4 is 10.6 Å². The molecule has 0 saturated carbocycles. The molecule has 0 aliphatic carbocycles. The molecular formula is C11H18N2O2. The van der Waals surface area contributed by atoms with E-state index < -0.39 is 11.7 Å². The Morgan fingerprint density at radius 3 is 2.53 bits per heavy atom. The summed E-state index contributed by atoms with van der Waals surface area (Å²) in [5, 5.41) is 5.75. The van der Waals surface area contributed by atoms with Gasteiger partial charge in [0, 0.05) is 12.2 Å². The van der Waals surface area contributed by atoms with E-state index in [1.807, 2.05) is 20.8 Å². The Labute approximate surface area is 90.4 Å². The van der Waals surface area contributed by atoms with E-state index in [2.05, 4.69) is 23.8 Å². The fraction of sp³-hybridized carbons (Fsp3) is 0.545. The first kappa shape index (κ1) is 11.6. The third kappa shape index (κ3) is 3.31. The highest BCUT2D eigenvalue weighted by atomic mass is 16.6. The highest BCUT2D eigenvalue weighted by molar-refractivity contribution is 5.69. The summed E-state index contributed by atoms with van der Waals surface area (Å²) in [7, 11) is 0. The molecule has 4 heteroatoms. The lowest BCUT2D eigenvalue weighted by molar-refractivity contribution is 0.0515. The zero-order valence-corrected chi connectivity index (χ0v) is 9.52. The number of rotatable bonds is 1. The van der Waals surface area contributed by atoms with Crippen molar-refractivity contribution in [2.45, 2.75) is 32.4 Å². The fourth-order valence-corrected chi connectivity index (χ4v) is 1.26. The summed E-state index contributed by atoms with van der Waals surface area (Å²) in [6.07, 6.45) is -0.426. The number of hydrogen-bond acceptors (Lipinski definition) is 3. The van der Waals surface area contributed by atoms with Crippen LogP contribution in [-0.4, -0.2) is 24.3 Å². The minimum Gasteiger partial charge on any atom is -0.444 e. The van der Waals surface area contributed by atoms with Crippen LogP contribution in [0.2, 0.25) is 0 Å². The molecule has 84 valence electrons. The van der Waals surface area contributed by atoms with Crippen molar-refractivity contribution in [1.29, 1.82) is 0 Å². The number of carbonyl (C=O) groups excluding carboxylic acids is 1. The second kappa shape index (κ2) is 3.96. The van der Waals surface area contributed by atoms with Gasteiger partial charge in [0.25, 0.3) is 0 Å². The van der Waals surface area contributed by atoms with Crippen LogP contribution in [0.3, 0.4) is 0 Å². The number of amides is 1. The number of alkyl carbamates (subject to hydrolysis) is 1. The van der Waals surface area contributed by atoms with E-state index in [0.29, 0.717) is 6.54 Å². The number of carbonyl (C=O) groups is 1. The average molecular weight is 210 g/mol. The smallest absolute Gasteiger partial charge is 0.408 e. The predicted molar refractivity (Wildman–Crippen MR) is 59.4 cm³/mol. The molecule has 0 aromatic carbocycles. The molecule has 1 atom stereocenters. The molecule has 1 rings (SSSR count). The van der Waals surface area contributed by atoms with Gasteiger partial charge in [-0.25, -0.2) is 4.79 Å². The van der Waals surface area contributed by atoms with Crippen molar-refractivity contribution >= 4 is 6.09 Å². The molecule has 0 bridgehead atoms. The third-order valence-electron chi connectivity index (χ3n) is 2.02. The Balaban J connectivity index is 2.46. The molecule has 1 fully saturated rings. The quantitative estimate of drug-likeness (QED) is 0.690. The summed E-state index contributed by atoms with van der Waals surface area (Å²) in [5.74, 6) is 0. The lowest BCUT2D eigenvalue weighted by Gasteiger charge is -2.21. The second-order valence-electron chi connectivity index (χ2n) is 4.58. The molecule has 4 nitrogen and oxygen atoms in total. The number of nitrogens with one attached hydrogen (secondary N) is 2. The maximum absolute atomic E-state index is 11.4. The van der Waals surface area contributed by atoms with E-state index in [-0.39, 0.29) is 6.04 Å². The fourth-order valence-electron chi connectivity index (χ4n) is 1.26. The Morgan fingerprint density at radius 1 is 1.53 bits per heavy atom. The largest absolute Gasteiger partial charge is 0.444 e. The van der Waals surface area contributed by atoms with E-state index in [9.17, 15) is 4.79 Å². The summed E-state index contributed by atoms with van der Waals surface area (Å²) in [6.45, 7) is 13.7. The van der Waals surface area contributed by atoms with Crippen LogP contribution in [0.5, 0.6) is 0 Å². The monoisotopic (exact) mass is 210 g/mol. The lowest BCUT2D eigenvalue weighted by Crippen LogP contribution is -2.40. The first-order valence-corrected chi connectivity index (χ1v) is 4.91. The normalized spacial score (nSPS) is 21.1. The van der Waals surface area contributed by atoms with Crippen molar-refractivity contribution in [2.75, 3.05) is 6.54 Å². The highest BCUT2D eigenvalue weighted by Crippen LogP contribution is 2.15. The molecule has 15 heavy (non-hydrogen) atoms. The Kier molecular flexibility index (Phi) is 3.07. The molecule has 1 amide bonds. The Morgan fingerprint density at radius 2 is 2.13 bits per heavy atom. The van der Waals surface area contributed by atoms with Crippen LogP contribution >= 0.6 is 0 Å². The van der Waals surface area contributed by atoms with Gasteiger partial charge in [-0.1, -0.05) is 13.2 Å². The van der Waals surface area contributed by atoms with Gasteiger partial charge < -0.3 is 15.4 Å². The van der Waals surface area contributed by atoms with Crippen LogP contribution in [0.4, 0.5) is 4.79 Å². The van der Waals surface area contributed by atoms with Gasteiger partial charge in [0.1, 0.15) is 5.60 Å². The van der Waals surface area contributed by atoms with Gasteiger partial charge in [-0.2, -0.15) is 0 Å². The van der Waals surface area contributed by atoms with Gasteiger partial charge in [0.05, 0.1) is 6.04 Å². The van der Waals surface area contributed by atoms with Gasteiger partial charge in [-0.15, -0.1) is 0 Å². The van der Waals surface area contributed by atoms with Crippen molar-refractivity contribution in [3.63, 3.8) is 0 Å². The van der Waals surface area contributed by atoms with Gasteiger partial charge in [0.2, 0.25) is 0 Å². The third-order valence-corrected chi connectivity index (χ3v) is 2.02. The molecule has 0 aromatic rings. The topological polar surface area (TPSA) is 50.4 Å². The van der Waals surface area contributed by atoms with E-state index >= 15 is 0 Å². The molecule has 1 saturated heterocycles. The van der Waals surface area contributed by atoms with Crippen molar-refractivity contribution < 1.29 is 9.53 Å². The van der Waals surface area contributed by atoms with Crippen molar-refractivity contribution in [3.8, 4) is 0 Å². The second-order valence-corrected chi connectivity index (χ2v) is 4.58. The first-order valence-electron chi connectivity index (χ1n) is 4.91. The summed E-state index contributed by atoms with van der Waals surface area (Å²) in [5.41, 5.74) is 1.10. The molecule has 0 spiro atoms. The zero-order valence-electron chi connectivity index (χ0n) is 9.52. The van der Waals surface area contributed by atoms with Crippen LogP contribution in [0.15, 0.2) is 24.4 Å². The average Bonchev–Trinajstić information content (AvgIpc) is 2.32.